The van der Waals surface area contributed by atoms with Gasteiger partial charge in [-0.05, 0) is 19.8 Å². The number of thioether (sulfide) groups is 1. The first-order valence-electron chi connectivity index (χ1n) is 4.68. The average molecular weight is 203 g/mol. The van der Waals surface area contributed by atoms with Crippen LogP contribution in [-0.2, 0) is 4.79 Å². The Labute approximate surface area is 83.3 Å². The van der Waals surface area contributed by atoms with E-state index in [1.807, 2.05) is 6.92 Å². The monoisotopic (exact) mass is 203 g/mol. The molecule has 1 aliphatic carbocycles. The summed E-state index contributed by atoms with van der Waals surface area (Å²) in [6.07, 6.45) is 1.91. The van der Waals surface area contributed by atoms with E-state index in [0.29, 0.717) is 11.8 Å². The number of amides is 1. The van der Waals surface area contributed by atoms with Gasteiger partial charge in [0.1, 0.15) is 0 Å². The van der Waals surface area contributed by atoms with Crippen molar-refractivity contribution < 1.29 is 9.90 Å². The van der Waals surface area contributed by atoms with Gasteiger partial charge in [0.05, 0.1) is 11.9 Å². The fourth-order valence-corrected chi connectivity index (χ4v) is 1.62. The van der Waals surface area contributed by atoms with Gasteiger partial charge in [-0.1, -0.05) is 6.92 Å². The van der Waals surface area contributed by atoms with Gasteiger partial charge < -0.3 is 10.4 Å². The van der Waals surface area contributed by atoms with Gasteiger partial charge in [0.15, 0.2) is 0 Å². The first-order chi connectivity index (χ1) is 6.09. The molecular weight excluding hydrogens is 186 g/mol. The molecule has 76 valence electrons. The van der Waals surface area contributed by atoms with Gasteiger partial charge in [0.2, 0.25) is 5.91 Å². The van der Waals surface area contributed by atoms with Gasteiger partial charge in [-0.15, -0.1) is 11.8 Å². The lowest BCUT2D eigenvalue weighted by molar-refractivity contribution is -0.118. The molecule has 1 fully saturated rings. The summed E-state index contributed by atoms with van der Waals surface area (Å²) in [6, 6.07) is 0.440. The number of carbonyl (C=O) groups is 1. The number of rotatable bonds is 5. The van der Waals surface area contributed by atoms with Crippen molar-refractivity contribution in [2.45, 2.75) is 44.1 Å². The first-order valence-corrected chi connectivity index (χ1v) is 5.73. The Balaban J connectivity index is 2.06. The van der Waals surface area contributed by atoms with Crippen LogP contribution in [0.4, 0.5) is 0 Å². The van der Waals surface area contributed by atoms with Gasteiger partial charge >= 0.3 is 0 Å². The lowest BCUT2D eigenvalue weighted by Gasteiger charge is -2.13. The second-order valence-corrected chi connectivity index (χ2v) is 4.96. The number of aliphatic hydroxyl groups is 1. The minimum Gasteiger partial charge on any atom is -0.392 e. The van der Waals surface area contributed by atoms with Gasteiger partial charge in [0.25, 0.3) is 0 Å². The Morgan fingerprint density at radius 1 is 1.62 bits per heavy atom. The molecule has 2 atom stereocenters. The third kappa shape index (κ3) is 4.52. The molecule has 0 aromatic heterocycles. The second kappa shape index (κ2) is 4.86. The standard InChI is InChI=1S/C9H17NO2S/c1-6(11)7(2)13-5-9(12)10-8-3-4-8/h6-8,11H,3-5H2,1-2H3,(H,10,12)/t6-,7+/m0/s1. The molecule has 0 bridgehead atoms. The van der Waals surface area contributed by atoms with E-state index in [-0.39, 0.29) is 17.3 Å². The van der Waals surface area contributed by atoms with Gasteiger partial charge in [-0.3, -0.25) is 4.79 Å². The van der Waals surface area contributed by atoms with Gasteiger partial charge in [0, 0.05) is 11.3 Å². The molecule has 1 saturated carbocycles. The molecule has 3 nitrogen and oxygen atoms in total. The molecule has 0 saturated heterocycles. The zero-order valence-electron chi connectivity index (χ0n) is 8.12. The summed E-state index contributed by atoms with van der Waals surface area (Å²) in [6.45, 7) is 3.68. The van der Waals surface area contributed by atoms with Crippen LogP contribution in [0.25, 0.3) is 0 Å². The number of nitrogens with one attached hydrogen (secondary N) is 1. The Morgan fingerprint density at radius 3 is 2.69 bits per heavy atom. The molecule has 2 N–H and O–H groups in total. The highest BCUT2D eigenvalue weighted by Gasteiger charge is 2.23. The molecule has 1 amide bonds. The molecule has 1 aliphatic rings. The SMILES string of the molecule is C[C@H](O)[C@@H](C)SCC(=O)NC1CC1. The molecule has 0 aromatic rings. The van der Waals surface area contributed by atoms with Crippen LogP contribution >= 0.6 is 11.8 Å². The maximum Gasteiger partial charge on any atom is 0.230 e. The molecular formula is C9H17NO2S. The molecule has 4 heteroatoms. The summed E-state index contributed by atoms with van der Waals surface area (Å²) in [5.41, 5.74) is 0. The highest BCUT2D eigenvalue weighted by Crippen LogP contribution is 2.19. The highest BCUT2D eigenvalue weighted by molar-refractivity contribution is 8.00. The van der Waals surface area contributed by atoms with E-state index in [0.717, 1.165) is 12.8 Å². The van der Waals surface area contributed by atoms with Gasteiger partial charge in [-0.25, -0.2) is 0 Å². The average Bonchev–Trinajstić information content (AvgIpc) is 2.83. The highest BCUT2D eigenvalue weighted by atomic mass is 32.2. The van der Waals surface area contributed by atoms with E-state index in [9.17, 15) is 9.90 Å². The quantitative estimate of drug-likeness (QED) is 0.694. The summed E-state index contributed by atoms with van der Waals surface area (Å²) in [4.78, 5) is 11.2. The summed E-state index contributed by atoms with van der Waals surface area (Å²) in [5, 5.41) is 12.2. The molecule has 1 rings (SSSR count). The minimum absolute atomic E-state index is 0.0972. The Bertz CT molecular complexity index is 180. The van der Waals surface area contributed by atoms with Crippen molar-refractivity contribution >= 4 is 17.7 Å². The first kappa shape index (κ1) is 10.9. The number of hydrogen-bond donors (Lipinski definition) is 2. The lowest BCUT2D eigenvalue weighted by atomic mass is 10.3. The zero-order valence-corrected chi connectivity index (χ0v) is 8.93. The van der Waals surface area contributed by atoms with Crippen molar-refractivity contribution in [3.8, 4) is 0 Å². The summed E-state index contributed by atoms with van der Waals surface area (Å²) in [7, 11) is 0. The predicted octanol–water partition coefficient (Wildman–Crippen LogP) is 0.767. The van der Waals surface area contributed by atoms with Crippen LogP contribution in [0.2, 0.25) is 0 Å². The number of hydrogen-bond acceptors (Lipinski definition) is 3. The normalized spacial score (nSPS) is 20.8. The summed E-state index contributed by atoms with van der Waals surface area (Å²) >= 11 is 1.50. The van der Waals surface area contributed by atoms with Crippen molar-refractivity contribution in [1.82, 2.24) is 5.32 Å². The van der Waals surface area contributed by atoms with Crippen molar-refractivity contribution in [1.29, 1.82) is 0 Å². The van der Waals surface area contributed by atoms with Crippen LogP contribution in [0, 0.1) is 0 Å². The molecule has 0 aliphatic heterocycles. The Hall–Kier alpha value is -0.220. The molecule has 13 heavy (non-hydrogen) atoms. The van der Waals surface area contributed by atoms with Crippen molar-refractivity contribution in [3.05, 3.63) is 0 Å². The Kier molecular flexibility index (Phi) is 4.06. The maximum absolute atomic E-state index is 11.2. The molecule has 0 spiro atoms. The van der Waals surface area contributed by atoms with E-state index < -0.39 is 0 Å². The fraction of sp³-hybridized carbons (Fsp3) is 0.889. The topological polar surface area (TPSA) is 49.3 Å². The second-order valence-electron chi connectivity index (χ2n) is 3.60. The Morgan fingerprint density at radius 2 is 2.23 bits per heavy atom. The van der Waals surface area contributed by atoms with E-state index in [2.05, 4.69) is 5.32 Å². The van der Waals surface area contributed by atoms with Gasteiger partial charge in [-0.2, -0.15) is 0 Å². The summed E-state index contributed by atoms with van der Waals surface area (Å²) < 4.78 is 0. The molecule has 0 radical (unpaired) electrons. The zero-order chi connectivity index (χ0) is 9.84. The van der Waals surface area contributed by atoms with E-state index in [1.54, 1.807) is 6.92 Å². The minimum atomic E-state index is -0.348. The molecule has 0 heterocycles. The predicted molar refractivity (Wildman–Crippen MR) is 54.8 cm³/mol. The van der Waals surface area contributed by atoms with Crippen molar-refractivity contribution in [3.63, 3.8) is 0 Å². The number of aliphatic hydroxyl groups excluding tert-OH is 1. The van der Waals surface area contributed by atoms with Crippen molar-refractivity contribution in [2.75, 3.05) is 5.75 Å². The van der Waals surface area contributed by atoms with Crippen LogP contribution in [0.1, 0.15) is 26.7 Å². The third-order valence-corrected chi connectivity index (χ3v) is 3.45. The maximum atomic E-state index is 11.2. The van der Waals surface area contributed by atoms with E-state index >= 15 is 0 Å². The lowest BCUT2D eigenvalue weighted by Crippen LogP contribution is -2.28. The van der Waals surface area contributed by atoms with E-state index in [4.69, 9.17) is 0 Å². The smallest absolute Gasteiger partial charge is 0.230 e. The third-order valence-electron chi connectivity index (χ3n) is 2.10. The fourth-order valence-electron chi connectivity index (χ4n) is 0.843. The van der Waals surface area contributed by atoms with Crippen LogP contribution in [-0.4, -0.2) is 34.2 Å². The van der Waals surface area contributed by atoms with Crippen LogP contribution in [0.5, 0.6) is 0 Å². The van der Waals surface area contributed by atoms with Crippen LogP contribution in [0.15, 0.2) is 0 Å². The largest absolute Gasteiger partial charge is 0.392 e. The van der Waals surface area contributed by atoms with E-state index in [1.165, 1.54) is 11.8 Å². The summed E-state index contributed by atoms with van der Waals surface area (Å²) in [5.74, 6) is 0.558. The molecule has 0 unspecified atom stereocenters. The molecule has 0 aromatic carbocycles. The number of carbonyl (C=O) groups excluding carboxylic acids is 1. The van der Waals surface area contributed by atoms with Crippen LogP contribution < -0.4 is 5.32 Å². The van der Waals surface area contributed by atoms with Crippen LogP contribution in [0.3, 0.4) is 0 Å². The van der Waals surface area contributed by atoms with Crippen molar-refractivity contribution in [2.24, 2.45) is 0 Å².